The molecule has 4 rings (SSSR count). The van der Waals surface area contributed by atoms with Crippen LogP contribution in [0.25, 0.3) is 10.9 Å². The van der Waals surface area contributed by atoms with Gasteiger partial charge in [-0.1, -0.05) is 0 Å². The van der Waals surface area contributed by atoms with Crippen molar-refractivity contribution in [1.82, 2.24) is 25.1 Å². The quantitative estimate of drug-likeness (QED) is 0.434. The van der Waals surface area contributed by atoms with Crippen molar-refractivity contribution in [2.75, 3.05) is 32.0 Å². The minimum absolute atomic E-state index is 0.361. The third-order valence-electron chi connectivity index (χ3n) is 4.19. The molecule has 4 aromatic rings. The summed E-state index contributed by atoms with van der Waals surface area (Å²) in [5, 5.41) is 14.3. The van der Waals surface area contributed by atoms with E-state index < -0.39 is 0 Å². The monoisotopic (exact) mass is 393 g/mol. The molecule has 0 radical (unpaired) electrons. The first kappa shape index (κ1) is 18.3. The van der Waals surface area contributed by atoms with Gasteiger partial charge in [0.25, 0.3) is 0 Å². The Balaban J connectivity index is 1.57. The fraction of sp³-hybridized carbons (Fsp3) is 0.158. The predicted molar refractivity (Wildman–Crippen MR) is 109 cm³/mol. The van der Waals surface area contributed by atoms with Gasteiger partial charge in [0.2, 0.25) is 17.6 Å². The molecule has 2 aromatic heterocycles. The van der Waals surface area contributed by atoms with Crippen molar-refractivity contribution in [3.63, 3.8) is 0 Å². The summed E-state index contributed by atoms with van der Waals surface area (Å²) in [7, 11) is 4.67. The number of aromatic nitrogens is 5. The number of ether oxygens (including phenoxy) is 3. The molecule has 3 N–H and O–H groups in total. The van der Waals surface area contributed by atoms with Crippen molar-refractivity contribution >= 4 is 34.2 Å². The number of hydrogen-bond acceptors (Lipinski definition) is 9. The van der Waals surface area contributed by atoms with E-state index in [0.717, 1.165) is 16.6 Å². The average molecular weight is 393 g/mol. The van der Waals surface area contributed by atoms with Crippen molar-refractivity contribution < 1.29 is 14.2 Å². The summed E-state index contributed by atoms with van der Waals surface area (Å²) in [5.74, 6) is 2.31. The molecule has 0 bridgehead atoms. The van der Waals surface area contributed by atoms with Gasteiger partial charge in [0, 0.05) is 28.9 Å². The van der Waals surface area contributed by atoms with E-state index in [1.54, 1.807) is 39.7 Å². The molecule has 0 amide bonds. The van der Waals surface area contributed by atoms with Crippen molar-refractivity contribution in [2.24, 2.45) is 0 Å². The van der Waals surface area contributed by atoms with Crippen LogP contribution in [0.2, 0.25) is 0 Å². The molecule has 0 saturated carbocycles. The number of H-pyrrole nitrogens is 1. The molecule has 148 valence electrons. The van der Waals surface area contributed by atoms with Crippen LogP contribution in [0.5, 0.6) is 17.2 Å². The Bertz CT molecular complexity index is 1120. The van der Waals surface area contributed by atoms with Crippen LogP contribution in [0.3, 0.4) is 0 Å². The zero-order valence-electron chi connectivity index (χ0n) is 16.1. The van der Waals surface area contributed by atoms with Gasteiger partial charge in [0.1, 0.15) is 6.33 Å². The van der Waals surface area contributed by atoms with Crippen LogP contribution in [0.4, 0.5) is 23.3 Å². The highest BCUT2D eigenvalue weighted by atomic mass is 16.5. The Kier molecular flexibility index (Phi) is 4.97. The Morgan fingerprint density at radius 3 is 2.17 bits per heavy atom. The van der Waals surface area contributed by atoms with Crippen molar-refractivity contribution in [2.45, 2.75) is 0 Å². The highest BCUT2D eigenvalue weighted by Crippen LogP contribution is 2.40. The Hall–Kier alpha value is -4.08. The summed E-state index contributed by atoms with van der Waals surface area (Å²) in [6.07, 6.45) is 3.19. The van der Waals surface area contributed by atoms with Gasteiger partial charge < -0.3 is 24.8 Å². The minimum Gasteiger partial charge on any atom is -0.493 e. The van der Waals surface area contributed by atoms with Crippen LogP contribution in [-0.2, 0) is 0 Å². The van der Waals surface area contributed by atoms with E-state index in [9.17, 15) is 0 Å². The van der Waals surface area contributed by atoms with Crippen LogP contribution in [-0.4, -0.2) is 46.5 Å². The molecule has 0 aliphatic heterocycles. The predicted octanol–water partition coefficient (Wildman–Crippen LogP) is 3.26. The minimum atomic E-state index is 0.361. The fourth-order valence-electron chi connectivity index (χ4n) is 2.84. The molecule has 0 unspecified atom stereocenters. The normalized spacial score (nSPS) is 10.6. The average Bonchev–Trinajstić information content (AvgIpc) is 3.21. The number of nitrogens with one attached hydrogen (secondary N) is 3. The maximum atomic E-state index is 5.37. The van der Waals surface area contributed by atoms with E-state index in [1.807, 2.05) is 18.2 Å². The number of nitrogens with zero attached hydrogens (tertiary/aromatic N) is 4. The third-order valence-corrected chi connectivity index (χ3v) is 4.19. The van der Waals surface area contributed by atoms with Gasteiger partial charge in [0.15, 0.2) is 11.5 Å². The van der Waals surface area contributed by atoms with E-state index in [2.05, 4.69) is 35.8 Å². The standard InChI is InChI=1S/C19H19N7O3/c1-27-15-7-13(8-16(28-2)17(15)29-3)24-19-21-10-20-18(25-19)23-12-5-4-11-9-22-26-14(11)6-12/h4-10H,1-3H3,(H,22,26)(H2,20,21,23,24,25). The molecule has 10 heteroatoms. The lowest BCUT2D eigenvalue weighted by Gasteiger charge is -2.14. The first-order valence-corrected chi connectivity index (χ1v) is 8.66. The van der Waals surface area contributed by atoms with Crippen molar-refractivity contribution in [3.8, 4) is 17.2 Å². The van der Waals surface area contributed by atoms with Crippen LogP contribution in [0.1, 0.15) is 0 Å². The lowest BCUT2D eigenvalue weighted by atomic mass is 10.2. The molecule has 10 nitrogen and oxygen atoms in total. The first-order valence-electron chi connectivity index (χ1n) is 8.66. The molecule has 0 aliphatic carbocycles. The molecule has 2 aromatic carbocycles. The van der Waals surface area contributed by atoms with Gasteiger partial charge in [-0.05, 0) is 18.2 Å². The summed E-state index contributed by atoms with van der Waals surface area (Å²) in [4.78, 5) is 12.7. The maximum Gasteiger partial charge on any atom is 0.232 e. The molecule has 2 heterocycles. The van der Waals surface area contributed by atoms with E-state index >= 15 is 0 Å². The van der Waals surface area contributed by atoms with Crippen molar-refractivity contribution in [3.05, 3.63) is 42.9 Å². The molecule has 0 aliphatic rings. The van der Waals surface area contributed by atoms with E-state index in [0.29, 0.717) is 34.8 Å². The van der Waals surface area contributed by atoms with Crippen LogP contribution >= 0.6 is 0 Å². The lowest BCUT2D eigenvalue weighted by Crippen LogP contribution is -2.03. The van der Waals surface area contributed by atoms with Crippen LogP contribution < -0.4 is 24.8 Å². The van der Waals surface area contributed by atoms with Gasteiger partial charge in [-0.3, -0.25) is 5.10 Å². The summed E-state index contributed by atoms with van der Waals surface area (Å²) in [6.45, 7) is 0. The van der Waals surface area contributed by atoms with Gasteiger partial charge in [-0.25, -0.2) is 9.97 Å². The highest BCUT2D eigenvalue weighted by molar-refractivity contribution is 5.82. The second-order valence-corrected chi connectivity index (χ2v) is 5.97. The molecular formula is C19H19N7O3. The van der Waals surface area contributed by atoms with E-state index in [-0.39, 0.29) is 0 Å². The summed E-state index contributed by atoms with van der Waals surface area (Å²) < 4.78 is 16.1. The van der Waals surface area contributed by atoms with E-state index in [1.165, 1.54) is 6.33 Å². The molecular weight excluding hydrogens is 374 g/mol. The first-order chi connectivity index (χ1) is 14.2. The molecule has 29 heavy (non-hydrogen) atoms. The molecule has 0 spiro atoms. The number of anilines is 4. The number of benzene rings is 2. The molecule has 0 saturated heterocycles. The number of rotatable bonds is 7. The SMILES string of the molecule is COc1cc(Nc2ncnc(Nc3ccc4cn[nH]c4c3)n2)cc(OC)c1OC. The smallest absolute Gasteiger partial charge is 0.232 e. The van der Waals surface area contributed by atoms with Crippen LogP contribution in [0, 0.1) is 0 Å². The molecule has 0 fully saturated rings. The van der Waals surface area contributed by atoms with Gasteiger partial charge >= 0.3 is 0 Å². The molecule has 0 atom stereocenters. The second-order valence-electron chi connectivity index (χ2n) is 5.97. The zero-order valence-corrected chi connectivity index (χ0v) is 16.1. The Labute approximate surface area is 166 Å². The van der Waals surface area contributed by atoms with Gasteiger partial charge in [-0.15, -0.1) is 0 Å². The van der Waals surface area contributed by atoms with Gasteiger partial charge in [-0.2, -0.15) is 10.1 Å². The Morgan fingerprint density at radius 2 is 1.52 bits per heavy atom. The number of methoxy groups -OCH3 is 3. The summed E-state index contributed by atoms with van der Waals surface area (Å²) in [5.41, 5.74) is 2.42. The number of aromatic amines is 1. The fourth-order valence-corrected chi connectivity index (χ4v) is 2.84. The van der Waals surface area contributed by atoms with Crippen LogP contribution in [0.15, 0.2) is 42.9 Å². The zero-order chi connectivity index (χ0) is 20.2. The summed E-state index contributed by atoms with van der Waals surface area (Å²) >= 11 is 0. The maximum absolute atomic E-state index is 5.37. The number of hydrogen-bond donors (Lipinski definition) is 3. The second kappa shape index (κ2) is 7.89. The lowest BCUT2D eigenvalue weighted by molar-refractivity contribution is 0.324. The van der Waals surface area contributed by atoms with Gasteiger partial charge in [0.05, 0.1) is 33.0 Å². The summed E-state index contributed by atoms with van der Waals surface area (Å²) in [6, 6.07) is 9.35. The topological polar surface area (TPSA) is 119 Å². The van der Waals surface area contributed by atoms with E-state index in [4.69, 9.17) is 14.2 Å². The third kappa shape index (κ3) is 3.81. The number of fused-ring (bicyclic) bond motifs is 1. The Morgan fingerprint density at radius 1 is 0.828 bits per heavy atom. The van der Waals surface area contributed by atoms with Crippen molar-refractivity contribution in [1.29, 1.82) is 0 Å². The largest absolute Gasteiger partial charge is 0.493 e. The highest BCUT2D eigenvalue weighted by Gasteiger charge is 2.14.